The number of hydrogen-bond donors (Lipinski definition) is 2. The molecule has 0 saturated carbocycles. The van der Waals surface area contributed by atoms with Crippen LogP contribution in [0.4, 0.5) is 10.5 Å². The lowest BCUT2D eigenvalue weighted by Crippen LogP contribution is -2.53. The highest BCUT2D eigenvalue weighted by atomic mass is 35.5. The summed E-state index contributed by atoms with van der Waals surface area (Å²) in [6.07, 6.45) is 0. The molecular formula is C22H32ClN5O3. The smallest absolute Gasteiger partial charge is 0.317 e. The summed E-state index contributed by atoms with van der Waals surface area (Å²) in [7, 11) is 0. The first-order valence-corrected chi connectivity index (χ1v) is 11.1. The summed E-state index contributed by atoms with van der Waals surface area (Å²) in [5.41, 5.74) is 1.63. The maximum Gasteiger partial charge on any atom is 0.317 e. The molecule has 2 heterocycles. The van der Waals surface area contributed by atoms with Gasteiger partial charge in [0.2, 0.25) is 11.8 Å². The van der Waals surface area contributed by atoms with Crippen molar-refractivity contribution in [3.63, 3.8) is 0 Å². The Balaban J connectivity index is 1.62. The van der Waals surface area contributed by atoms with Crippen molar-refractivity contribution in [2.24, 2.45) is 5.41 Å². The van der Waals surface area contributed by atoms with Crippen LogP contribution in [-0.4, -0.2) is 78.4 Å². The van der Waals surface area contributed by atoms with Gasteiger partial charge in [-0.3, -0.25) is 14.5 Å². The van der Waals surface area contributed by atoms with Gasteiger partial charge in [-0.25, -0.2) is 4.79 Å². The lowest BCUT2D eigenvalue weighted by atomic mass is 9.94. The molecular weight excluding hydrogens is 418 g/mol. The van der Waals surface area contributed by atoms with E-state index in [0.717, 1.165) is 11.3 Å². The Morgan fingerprint density at radius 3 is 2.45 bits per heavy atom. The van der Waals surface area contributed by atoms with E-state index in [4.69, 9.17) is 11.6 Å². The van der Waals surface area contributed by atoms with E-state index < -0.39 is 6.04 Å². The van der Waals surface area contributed by atoms with Crippen molar-refractivity contribution in [3.05, 3.63) is 28.8 Å². The van der Waals surface area contributed by atoms with E-state index in [1.165, 1.54) is 0 Å². The first kappa shape index (κ1) is 23.3. The van der Waals surface area contributed by atoms with Crippen molar-refractivity contribution < 1.29 is 14.4 Å². The molecule has 31 heavy (non-hydrogen) atoms. The van der Waals surface area contributed by atoms with Gasteiger partial charge in [-0.05, 0) is 17.5 Å². The molecule has 2 N–H and O–H groups in total. The summed E-state index contributed by atoms with van der Waals surface area (Å²) in [5.74, 6) is -0.0394. The maximum atomic E-state index is 12.8. The number of halogens is 1. The van der Waals surface area contributed by atoms with Crippen molar-refractivity contribution in [1.29, 1.82) is 0 Å². The molecule has 1 aromatic carbocycles. The average Bonchev–Trinajstić information content (AvgIpc) is 3.00. The van der Waals surface area contributed by atoms with Crippen molar-refractivity contribution in [2.45, 2.75) is 33.7 Å². The molecule has 8 nitrogen and oxygen atoms in total. The monoisotopic (exact) mass is 449 g/mol. The summed E-state index contributed by atoms with van der Waals surface area (Å²) in [6.45, 7) is 11.7. The standard InChI is InChI=1S/C22H32ClN5O3/c1-15(29)26-9-11-27(12-10-26)21(31)24-7-8-28(14-22(2,3)4)19-17-6-5-16(23)13-18(17)25-20(19)30/h5-6,13,19H,7-12,14H2,1-4H3,(H,24,31)(H,25,30)/t19-/m0/s1. The van der Waals surface area contributed by atoms with Crippen LogP contribution in [-0.2, 0) is 9.59 Å². The number of fused-ring (bicyclic) bond motifs is 1. The van der Waals surface area contributed by atoms with Crippen LogP contribution in [0.2, 0.25) is 5.02 Å². The van der Waals surface area contributed by atoms with Crippen LogP contribution in [0.1, 0.15) is 39.3 Å². The highest BCUT2D eigenvalue weighted by molar-refractivity contribution is 6.31. The van der Waals surface area contributed by atoms with Gasteiger partial charge in [0.1, 0.15) is 6.04 Å². The van der Waals surface area contributed by atoms with Gasteiger partial charge in [0, 0.05) is 69.0 Å². The second kappa shape index (κ2) is 9.44. The lowest BCUT2D eigenvalue weighted by Gasteiger charge is -2.35. The van der Waals surface area contributed by atoms with Crippen LogP contribution < -0.4 is 10.6 Å². The number of carbonyl (C=O) groups excluding carboxylic acids is 3. The van der Waals surface area contributed by atoms with Crippen LogP contribution in [0.25, 0.3) is 0 Å². The molecule has 0 unspecified atom stereocenters. The Labute approximate surface area is 188 Å². The van der Waals surface area contributed by atoms with E-state index in [1.54, 1.807) is 28.9 Å². The molecule has 2 aliphatic heterocycles. The van der Waals surface area contributed by atoms with Crippen molar-refractivity contribution >= 4 is 35.1 Å². The average molecular weight is 450 g/mol. The molecule has 170 valence electrons. The first-order valence-electron chi connectivity index (χ1n) is 10.7. The predicted octanol–water partition coefficient (Wildman–Crippen LogP) is 2.56. The number of piperazine rings is 1. The summed E-state index contributed by atoms with van der Waals surface area (Å²) < 4.78 is 0. The number of anilines is 1. The van der Waals surface area contributed by atoms with Gasteiger partial charge in [-0.1, -0.05) is 38.4 Å². The minimum absolute atomic E-state index is 0.0253. The van der Waals surface area contributed by atoms with E-state index in [2.05, 4.69) is 36.3 Å². The second-order valence-corrected chi connectivity index (χ2v) is 9.82. The summed E-state index contributed by atoms with van der Waals surface area (Å²) in [6, 6.07) is 4.91. The quantitative estimate of drug-likeness (QED) is 0.723. The predicted molar refractivity (Wildman–Crippen MR) is 121 cm³/mol. The third kappa shape index (κ3) is 5.89. The third-order valence-corrected chi connectivity index (χ3v) is 5.78. The molecule has 0 aromatic heterocycles. The van der Waals surface area contributed by atoms with Crippen LogP contribution in [0.3, 0.4) is 0 Å². The van der Waals surface area contributed by atoms with Crippen LogP contribution in [0.15, 0.2) is 18.2 Å². The fourth-order valence-corrected chi connectivity index (χ4v) is 4.30. The third-order valence-electron chi connectivity index (χ3n) is 5.55. The highest BCUT2D eigenvalue weighted by Gasteiger charge is 2.37. The maximum absolute atomic E-state index is 12.8. The van der Waals surface area contributed by atoms with Crippen molar-refractivity contribution in [2.75, 3.05) is 51.1 Å². The molecule has 1 fully saturated rings. The minimum Gasteiger partial charge on any atom is -0.339 e. The normalized spacial score (nSPS) is 18.8. The van der Waals surface area contributed by atoms with Crippen molar-refractivity contribution in [3.8, 4) is 0 Å². The molecule has 1 atom stereocenters. The Morgan fingerprint density at radius 2 is 1.84 bits per heavy atom. The minimum atomic E-state index is -0.414. The molecule has 9 heteroatoms. The fraction of sp³-hybridized carbons (Fsp3) is 0.591. The second-order valence-electron chi connectivity index (χ2n) is 9.38. The molecule has 0 spiro atoms. The van der Waals surface area contributed by atoms with Crippen molar-refractivity contribution in [1.82, 2.24) is 20.0 Å². The Morgan fingerprint density at radius 1 is 1.19 bits per heavy atom. The van der Waals surface area contributed by atoms with E-state index in [0.29, 0.717) is 50.8 Å². The van der Waals surface area contributed by atoms with Gasteiger partial charge in [0.25, 0.3) is 0 Å². The SMILES string of the molecule is CC(=O)N1CCN(C(=O)NCCN(CC(C)(C)C)[C@@H]2C(=O)Nc3cc(Cl)ccc32)CC1. The zero-order valence-corrected chi connectivity index (χ0v) is 19.5. The summed E-state index contributed by atoms with van der Waals surface area (Å²) >= 11 is 6.08. The zero-order chi connectivity index (χ0) is 22.8. The largest absolute Gasteiger partial charge is 0.339 e. The molecule has 1 saturated heterocycles. The van der Waals surface area contributed by atoms with Gasteiger partial charge in [0.05, 0.1) is 0 Å². The van der Waals surface area contributed by atoms with E-state index >= 15 is 0 Å². The van der Waals surface area contributed by atoms with Gasteiger partial charge < -0.3 is 20.4 Å². The van der Waals surface area contributed by atoms with Gasteiger partial charge in [0.15, 0.2) is 0 Å². The molecule has 0 bridgehead atoms. The Bertz CT molecular complexity index is 846. The number of carbonyl (C=O) groups is 3. The topological polar surface area (TPSA) is 85.0 Å². The number of benzene rings is 1. The summed E-state index contributed by atoms with van der Waals surface area (Å²) in [4.78, 5) is 42.4. The number of rotatable bonds is 5. The summed E-state index contributed by atoms with van der Waals surface area (Å²) in [5, 5.41) is 6.48. The molecule has 0 radical (unpaired) electrons. The lowest BCUT2D eigenvalue weighted by molar-refractivity contribution is -0.130. The van der Waals surface area contributed by atoms with Gasteiger partial charge >= 0.3 is 6.03 Å². The molecule has 1 aromatic rings. The molecule has 4 amide bonds. The molecule has 2 aliphatic rings. The number of amides is 4. The zero-order valence-electron chi connectivity index (χ0n) is 18.7. The number of nitrogens with zero attached hydrogens (tertiary/aromatic N) is 3. The number of hydrogen-bond acceptors (Lipinski definition) is 4. The fourth-order valence-electron chi connectivity index (χ4n) is 4.13. The Hall–Kier alpha value is -2.32. The molecule has 3 rings (SSSR count). The van der Waals surface area contributed by atoms with E-state index in [1.807, 2.05) is 6.07 Å². The van der Waals surface area contributed by atoms with Crippen LogP contribution >= 0.6 is 11.6 Å². The van der Waals surface area contributed by atoms with Crippen LogP contribution in [0.5, 0.6) is 0 Å². The van der Waals surface area contributed by atoms with Gasteiger partial charge in [-0.2, -0.15) is 0 Å². The Kier molecular flexibility index (Phi) is 7.11. The number of urea groups is 1. The van der Waals surface area contributed by atoms with Gasteiger partial charge in [-0.15, -0.1) is 0 Å². The highest BCUT2D eigenvalue weighted by Crippen LogP contribution is 2.37. The van der Waals surface area contributed by atoms with E-state index in [9.17, 15) is 14.4 Å². The number of nitrogens with one attached hydrogen (secondary N) is 2. The molecule has 0 aliphatic carbocycles. The van der Waals surface area contributed by atoms with Crippen LogP contribution in [0, 0.1) is 5.41 Å². The van der Waals surface area contributed by atoms with E-state index in [-0.39, 0.29) is 23.3 Å². The first-order chi connectivity index (χ1) is 14.5.